The largest absolute Gasteiger partial charge is 0.497 e. The lowest BCUT2D eigenvalue weighted by molar-refractivity contribution is -0.138. The normalized spacial score (nSPS) is 20.9. The molecule has 0 unspecified atom stereocenters. The number of rotatable bonds is 14. The average molecular weight is 708 g/mol. The Hall–Kier alpha value is -3.64. The van der Waals surface area contributed by atoms with Crippen molar-refractivity contribution in [1.29, 1.82) is 0 Å². The molecule has 5 rings (SSSR count). The van der Waals surface area contributed by atoms with Crippen molar-refractivity contribution in [3.8, 4) is 11.5 Å². The Balaban J connectivity index is 1.49. The molecule has 0 saturated carbocycles. The van der Waals surface area contributed by atoms with Crippen molar-refractivity contribution >= 4 is 21.4 Å². The van der Waals surface area contributed by atoms with Crippen LogP contribution in [0.5, 0.6) is 11.5 Å². The van der Waals surface area contributed by atoms with E-state index in [0.29, 0.717) is 25.6 Å². The number of benzene rings is 3. The first-order valence-corrected chi connectivity index (χ1v) is 18.8. The van der Waals surface area contributed by atoms with E-state index >= 15 is 0 Å². The molecular weight excluding hydrogens is 655 g/mol. The number of fused-ring (bicyclic) bond motifs is 1. The summed E-state index contributed by atoms with van der Waals surface area (Å²) >= 11 is 0. The Morgan fingerprint density at radius 3 is 2.44 bits per heavy atom. The van der Waals surface area contributed by atoms with Crippen LogP contribution in [0.3, 0.4) is 0 Å². The average Bonchev–Trinajstić information content (AvgIpc) is 3.10. The van der Waals surface area contributed by atoms with Crippen LogP contribution in [0, 0.1) is 12.3 Å². The second-order valence-corrected chi connectivity index (χ2v) is 16.6. The number of aryl methyl sites for hydroxylation is 1. The molecule has 3 atom stereocenters. The van der Waals surface area contributed by atoms with Crippen molar-refractivity contribution in [2.45, 2.75) is 68.4 Å². The van der Waals surface area contributed by atoms with Gasteiger partial charge in [0.1, 0.15) is 23.0 Å². The molecule has 2 heterocycles. The number of carbonyl (C=O) groups is 1. The molecule has 0 radical (unpaired) electrons. The fourth-order valence-electron chi connectivity index (χ4n) is 7.36. The number of piperidine rings is 1. The number of nitrogens with one attached hydrogen (secondary N) is 1. The van der Waals surface area contributed by atoms with Crippen LogP contribution >= 0.6 is 0 Å². The molecule has 0 aliphatic carbocycles. The highest BCUT2D eigenvalue weighted by Crippen LogP contribution is 2.46. The zero-order chi connectivity index (χ0) is 36.1. The topological polar surface area (TPSA) is 107 Å². The highest BCUT2D eigenvalue weighted by Gasteiger charge is 2.54. The first-order chi connectivity index (χ1) is 23.8. The Kier molecular flexibility index (Phi) is 11.8. The number of hydrogen-bond donors (Lipinski definition) is 1. The molecule has 0 spiro atoms. The molecule has 2 aliphatic heterocycles. The summed E-state index contributed by atoms with van der Waals surface area (Å²) in [4.78, 5) is 16.1. The van der Waals surface area contributed by atoms with Gasteiger partial charge in [0, 0.05) is 52.2 Å². The summed E-state index contributed by atoms with van der Waals surface area (Å²) in [6.07, 6.45) is 0.840. The van der Waals surface area contributed by atoms with E-state index in [4.69, 9.17) is 18.9 Å². The maximum absolute atomic E-state index is 14.8. The van der Waals surface area contributed by atoms with Crippen LogP contribution in [0.25, 0.3) is 0 Å². The minimum atomic E-state index is -3.99. The molecule has 11 heteroatoms. The second-order valence-electron chi connectivity index (χ2n) is 14.4. The zero-order valence-electron chi connectivity index (χ0n) is 30.5. The number of hydrogen-bond acceptors (Lipinski definition) is 9. The summed E-state index contributed by atoms with van der Waals surface area (Å²) in [5, 5.41) is 3.48. The molecule has 0 aromatic heterocycles. The van der Waals surface area contributed by atoms with Gasteiger partial charge in [-0.05, 0) is 73.7 Å². The monoisotopic (exact) mass is 707 g/mol. The second kappa shape index (κ2) is 15.7. The van der Waals surface area contributed by atoms with Crippen LogP contribution in [-0.4, -0.2) is 91.4 Å². The molecule has 1 amide bonds. The molecule has 1 N–H and O–H groups in total. The van der Waals surface area contributed by atoms with Gasteiger partial charge < -0.3 is 28.7 Å². The minimum absolute atomic E-state index is 0.0797. The number of nitrogens with zero attached hydrogens (tertiary/aromatic N) is 2. The third kappa shape index (κ3) is 8.12. The van der Waals surface area contributed by atoms with Gasteiger partial charge in [0.25, 0.3) is 0 Å². The van der Waals surface area contributed by atoms with E-state index in [0.717, 1.165) is 47.6 Å². The van der Waals surface area contributed by atoms with Crippen molar-refractivity contribution in [3.05, 3.63) is 83.4 Å². The SMILES string of the molecule is COCCCN1CCOc2ccc(CO[C@H]3CN[C@](CC(C)(C)C(=O)N(C)C)(S(=O)(=O)c4ccc(C)cc4)C[C@@H]3c3ccc(OC)cc3)cc21. The summed E-state index contributed by atoms with van der Waals surface area (Å²) in [5.74, 6) is 1.13. The Morgan fingerprint density at radius 1 is 1.06 bits per heavy atom. The van der Waals surface area contributed by atoms with E-state index in [-0.39, 0.29) is 42.2 Å². The van der Waals surface area contributed by atoms with Crippen molar-refractivity contribution in [1.82, 2.24) is 10.2 Å². The first-order valence-electron chi connectivity index (χ1n) is 17.3. The Labute approximate surface area is 298 Å². The fraction of sp³-hybridized carbons (Fsp3) is 0.513. The predicted molar refractivity (Wildman–Crippen MR) is 196 cm³/mol. The molecule has 50 heavy (non-hydrogen) atoms. The third-order valence-electron chi connectivity index (χ3n) is 9.95. The van der Waals surface area contributed by atoms with Crippen molar-refractivity contribution in [3.63, 3.8) is 0 Å². The van der Waals surface area contributed by atoms with Gasteiger partial charge in [-0.3, -0.25) is 10.1 Å². The number of amides is 1. The lowest BCUT2D eigenvalue weighted by Crippen LogP contribution is -2.62. The van der Waals surface area contributed by atoms with E-state index in [9.17, 15) is 13.2 Å². The number of anilines is 1. The molecule has 1 saturated heterocycles. The van der Waals surface area contributed by atoms with Gasteiger partial charge in [-0.1, -0.05) is 49.7 Å². The number of methoxy groups -OCH3 is 2. The molecule has 3 aromatic rings. The summed E-state index contributed by atoms with van der Waals surface area (Å²) in [7, 11) is 2.75. The van der Waals surface area contributed by atoms with Crippen LogP contribution < -0.4 is 19.7 Å². The van der Waals surface area contributed by atoms with Gasteiger partial charge in [-0.2, -0.15) is 0 Å². The van der Waals surface area contributed by atoms with Crippen molar-refractivity contribution in [2.24, 2.45) is 5.41 Å². The van der Waals surface area contributed by atoms with E-state index in [1.807, 2.05) is 69.3 Å². The van der Waals surface area contributed by atoms with Crippen LogP contribution in [0.4, 0.5) is 5.69 Å². The van der Waals surface area contributed by atoms with Crippen molar-refractivity contribution in [2.75, 3.05) is 66.1 Å². The van der Waals surface area contributed by atoms with Gasteiger partial charge in [0.2, 0.25) is 5.91 Å². The van der Waals surface area contributed by atoms with E-state index in [2.05, 4.69) is 16.3 Å². The van der Waals surface area contributed by atoms with Gasteiger partial charge >= 0.3 is 0 Å². The molecule has 10 nitrogen and oxygen atoms in total. The molecule has 272 valence electrons. The van der Waals surface area contributed by atoms with Crippen LogP contribution in [-0.2, 0) is 30.7 Å². The number of ether oxygens (including phenoxy) is 4. The van der Waals surface area contributed by atoms with E-state index in [1.165, 1.54) is 4.90 Å². The molecule has 0 bridgehead atoms. The van der Waals surface area contributed by atoms with E-state index < -0.39 is 20.1 Å². The molecular formula is C39H53N3O7S. The molecule has 3 aromatic carbocycles. The van der Waals surface area contributed by atoms with Gasteiger partial charge in [-0.15, -0.1) is 0 Å². The third-order valence-corrected chi connectivity index (χ3v) is 12.3. The van der Waals surface area contributed by atoms with Gasteiger partial charge in [-0.25, -0.2) is 8.42 Å². The molecule has 2 aliphatic rings. The van der Waals surface area contributed by atoms with E-state index in [1.54, 1.807) is 40.4 Å². The Morgan fingerprint density at radius 2 is 1.78 bits per heavy atom. The zero-order valence-corrected chi connectivity index (χ0v) is 31.3. The van der Waals surface area contributed by atoms with Crippen LogP contribution in [0.1, 0.15) is 55.7 Å². The van der Waals surface area contributed by atoms with Gasteiger partial charge in [0.05, 0.1) is 36.9 Å². The standard InChI is InChI=1S/C39H53N3O7S/c1-28-9-16-32(17-10-28)50(44,45)39(27-38(2,3)37(43)41(4)5)24-33(30-12-14-31(47-7)15-13-30)36(25-40-39)49-26-29-11-18-35-34(23-29)42(20-22-48-35)19-8-21-46-6/h9-18,23,33,36,40H,8,19-22,24-27H2,1-7H3/t33-,36+,39+/m1/s1. The minimum Gasteiger partial charge on any atom is -0.497 e. The van der Waals surface area contributed by atoms with Gasteiger partial charge in [0.15, 0.2) is 9.84 Å². The summed E-state index contributed by atoms with van der Waals surface area (Å²) in [6, 6.07) is 20.9. The highest BCUT2D eigenvalue weighted by molar-refractivity contribution is 7.92. The van der Waals surface area contributed by atoms with Crippen LogP contribution in [0.15, 0.2) is 71.6 Å². The predicted octanol–water partition coefficient (Wildman–Crippen LogP) is 5.58. The first kappa shape index (κ1) is 37.6. The summed E-state index contributed by atoms with van der Waals surface area (Å²) in [6.45, 7) is 9.18. The lowest BCUT2D eigenvalue weighted by Gasteiger charge is -2.48. The Bertz CT molecular complexity index is 1710. The number of carbonyl (C=O) groups excluding carboxylic acids is 1. The highest BCUT2D eigenvalue weighted by atomic mass is 32.2. The maximum Gasteiger partial charge on any atom is 0.227 e. The quantitative estimate of drug-likeness (QED) is 0.215. The summed E-state index contributed by atoms with van der Waals surface area (Å²) < 4.78 is 53.1. The van der Waals surface area contributed by atoms with Crippen LogP contribution in [0.2, 0.25) is 0 Å². The molecule has 1 fully saturated rings. The fourth-order valence-corrected chi connectivity index (χ4v) is 9.53. The lowest BCUT2D eigenvalue weighted by atomic mass is 9.76. The smallest absolute Gasteiger partial charge is 0.227 e. The van der Waals surface area contributed by atoms with Crippen molar-refractivity contribution < 1.29 is 32.2 Å². The summed E-state index contributed by atoms with van der Waals surface area (Å²) in [5.41, 5.74) is 2.97. The maximum atomic E-state index is 14.8. The number of sulfone groups is 1.